The normalized spacial score (nSPS) is 17.6. The Hall–Kier alpha value is -4.42. The van der Waals surface area contributed by atoms with Crippen LogP contribution in [-0.4, -0.2) is 67.5 Å². The van der Waals surface area contributed by atoms with E-state index in [0.29, 0.717) is 54.3 Å². The van der Waals surface area contributed by atoms with Crippen LogP contribution in [0.3, 0.4) is 0 Å². The lowest BCUT2D eigenvalue weighted by atomic mass is 10.1. The first kappa shape index (κ1) is 24.9. The molecule has 4 aromatic rings. The van der Waals surface area contributed by atoms with Crippen LogP contribution in [0.4, 0.5) is 23.9 Å². The largest absolute Gasteiger partial charge is 0.418 e. The molecule has 0 radical (unpaired) electrons. The first-order valence-electron chi connectivity index (χ1n) is 12.5. The summed E-state index contributed by atoms with van der Waals surface area (Å²) in [6, 6.07) is 7.57. The Kier molecular flexibility index (Phi) is 5.81. The van der Waals surface area contributed by atoms with Crippen molar-refractivity contribution in [3.05, 3.63) is 70.0 Å². The molecule has 2 fully saturated rings. The molecule has 3 aromatic heterocycles. The van der Waals surface area contributed by atoms with Crippen molar-refractivity contribution in [1.29, 1.82) is 0 Å². The summed E-state index contributed by atoms with van der Waals surface area (Å²) in [5.41, 5.74) is 1.04. The Balaban J connectivity index is 1.32. The van der Waals surface area contributed by atoms with Crippen LogP contribution in [0.1, 0.15) is 17.0 Å². The molecule has 2 amide bonds. The molecule has 0 aliphatic carbocycles. The lowest BCUT2D eigenvalue weighted by molar-refractivity contribution is -0.138. The van der Waals surface area contributed by atoms with Crippen LogP contribution in [0.25, 0.3) is 22.0 Å². The van der Waals surface area contributed by atoms with Crippen LogP contribution in [0.15, 0.2) is 47.5 Å². The molecule has 39 heavy (non-hydrogen) atoms. The van der Waals surface area contributed by atoms with E-state index in [9.17, 15) is 22.8 Å². The lowest BCUT2D eigenvalue weighted by Gasteiger charge is -2.36. The molecular formula is C26H25F3N8O2. The minimum absolute atomic E-state index is 0.0430. The molecule has 0 spiro atoms. The second-order valence-corrected chi connectivity index (χ2v) is 9.81. The van der Waals surface area contributed by atoms with Crippen molar-refractivity contribution in [3.8, 4) is 11.1 Å². The predicted molar refractivity (Wildman–Crippen MR) is 137 cm³/mol. The number of carbonyl (C=O) groups excluding carboxylic acids is 1. The van der Waals surface area contributed by atoms with Gasteiger partial charge < -0.3 is 15.1 Å². The molecule has 1 unspecified atom stereocenters. The van der Waals surface area contributed by atoms with Gasteiger partial charge in [0.15, 0.2) is 0 Å². The molecule has 10 nitrogen and oxygen atoms in total. The maximum absolute atomic E-state index is 13.7. The number of anilines is 1. The van der Waals surface area contributed by atoms with Crippen LogP contribution in [0.2, 0.25) is 0 Å². The van der Waals surface area contributed by atoms with Crippen molar-refractivity contribution in [1.82, 2.24) is 34.5 Å². The molecule has 1 N–H and O–H groups in total. The third kappa shape index (κ3) is 4.37. The Morgan fingerprint density at radius 1 is 1.05 bits per heavy atom. The number of benzene rings is 1. The zero-order valence-corrected chi connectivity index (χ0v) is 21.2. The zero-order chi connectivity index (χ0) is 27.5. The van der Waals surface area contributed by atoms with E-state index in [1.165, 1.54) is 22.5 Å². The molecular weight excluding hydrogens is 513 g/mol. The molecule has 5 heterocycles. The fraction of sp³-hybridized carbons (Fsp3) is 0.346. The number of amides is 2. The van der Waals surface area contributed by atoms with E-state index < -0.39 is 11.7 Å². The monoisotopic (exact) mass is 538 g/mol. The third-order valence-electron chi connectivity index (χ3n) is 7.37. The zero-order valence-electron chi connectivity index (χ0n) is 21.2. The number of aromatic nitrogens is 5. The maximum atomic E-state index is 13.7. The highest BCUT2D eigenvalue weighted by Crippen LogP contribution is 2.32. The lowest BCUT2D eigenvalue weighted by Crippen LogP contribution is -2.52. The van der Waals surface area contributed by atoms with Gasteiger partial charge in [0.25, 0.3) is 5.56 Å². The third-order valence-corrected chi connectivity index (χ3v) is 7.37. The van der Waals surface area contributed by atoms with E-state index in [2.05, 4.69) is 20.3 Å². The van der Waals surface area contributed by atoms with Gasteiger partial charge in [0.1, 0.15) is 0 Å². The minimum atomic E-state index is -4.57. The summed E-state index contributed by atoms with van der Waals surface area (Å²) < 4.78 is 43.9. The van der Waals surface area contributed by atoms with Crippen LogP contribution in [0, 0.1) is 6.92 Å². The fourth-order valence-electron chi connectivity index (χ4n) is 5.29. The number of piperazine rings is 1. The average Bonchev–Trinajstić information content (AvgIpc) is 3.40. The summed E-state index contributed by atoms with van der Waals surface area (Å²) in [5.74, 6) is 0.556. The number of hydrogen-bond acceptors (Lipinski definition) is 6. The topological polar surface area (TPSA) is 101 Å². The van der Waals surface area contributed by atoms with Gasteiger partial charge in [-0.25, -0.2) is 14.8 Å². The van der Waals surface area contributed by atoms with Gasteiger partial charge in [0, 0.05) is 56.9 Å². The average molecular weight is 539 g/mol. The summed E-state index contributed by atoms with van der Waals surface area (Å²) in [5, 5.41) is 3.24. The highest BCUT2D eigenvalue weighted by molar-refractivity contribution is 5.84. The number of halogens is 3. The summed E-state index contributed by atoms with van der Waals surface area (Å²) in [7, 11) is 1.52. The van der Waals surface area contributed by atoms with Crippen molar-refractivity contribution in [2.24, 2.45) is 7.05 Å². The van der Waals surface area contributed by atoms with Crippen LogP contribution in [0.5, 0.6) is 0 Å². The second kappa shape index (κ2) is 9.10. The van der Waals surface area contributed by atoms with Gasteiger partial charge in [-0.3, -0.25) is 19.1 Å². The summed E-state index contributed by atoms with van der Waals surface area (Å²) >= 11 is 0. The number of fused-ring (bicyclic) bond motifs is 2. The van der Waals surface area contributed by atoms with E-state index in [1.807, 2.05) is 9.80 Å². The highest BCUT2D eigenvalue weighted by Gasteiger charge is 2.36. The number of hydrogen-bond donors (Lipinski definition) is 1. The van der Waals surface area contributed by atoms with Crippen molar-refractivity contribution >= 4 is 22.9 Å². The van der Waals surface area contributed by atoms with Gasteiger partial charge in [-0.1, -0.05) is 6.07 Å². The van der Waals surface area contributed by atoms with Gasteiger partial charge in [-0.15, -0.1) is 0 Å². The Labute approximate surface area is 220 Å². The van der Waals surface area contributed by atoms with E-state index in [0.717, 1.165) is 11.6 Å². The van der Waals surface area contributed by atoms with Gasteiger partial charge in [0.2, 0.25) is 5.95 Å². The number of carbonyl (C=O) groups is 1. The van der Waals surface area contributed by atoms with Crippen molar-refractivity contribution in [2.45, 2.75) is 25.7 Å². The van der Waals surface area contributed by atoms with Gasteiger partial charge in [-0.2, -0.15) is 13.2 Å². The van der Waals surface area contributed by atoms with Gasteiger partial charge in [-0.05, 0) is 36.8 Å². The molecule has 202 valence electrons. The first-order valence-corrected chi connectivity index (χ1v) is 12.5. The maximum Gasteiger partial charge on any atom is 0.418 e. The van der Waals surface area contributed by atoms with Crippen LogP contribution >= 0.6 is 0 Å². The number of nitrogens with one attached hydrogen (secondary N) is 1. The van der Waals surface area contributed by atoms with Crippen molar-refractivity contribution in [3.63, 3.8) is 0 Å². The van der Waals surface area contributed by atoms with E-state index in [4.69, 9.17) is 0 Å². The molecule has 0 bridgehead atoms. The molecule has 2 aliphatic heterocycles. The number of aryl methyl sites for hydroxylation is 1. The van der Waals surface area contributed by atoms with Gasteiger partial charge in [0.05, 0.1) is 34.7 Å². The molecule has 1 aromatic carbocycles. The Morgan fingerprint density at radius 2 is 1.82 bits per heavy atom. The minimum Gasteiger partial charge on any atom is -0.337 e. The first-order chi connectivity index (χ1) is 18.6. The Morgan fingerprint density at radius 3 is 2.56 bits per heavy atom. The quantitative estimate of drug-likeness (QED) is 0.429. The Bertz CT molecular complexity index is 1640. The second-order valence-electron chi connectivity index (χ2n) is 9.81. The number of alkyl halides is 3. The SMILES string of the molecule is Cc1ccc(C(F)(F)F)c(Cn2c3cc(-c4cnc(N5CCN6C(=O)NCC6C5)nc4)ccc3c(=O)n2C)n1. The number of urea groups is 1. The fourth-order valence-corrected chi connectivity index (χ4v) is 5.29. The summed E-state index contributed by atoms with van der Waals surface area (Å²) in [6.07, 6.45) is -1.20. The predicted octanol–water partition coefficient (Wildman–Crippen LogP) is 2.78. The molecule has 1 atom stereocenters. The van der Waals surface area contributed by atoms with E-state index in [1.54, 1.807) is 37.5 Å². The van der Waals surface area contributed by atoms with Crippen LogP contribution in [-0.2, 0) is 19.8 Å². The summed E-state index contributed by atoms with van der Waals surface area (Å²) in [4.78, 5) is 41.8. The number of nitrogens with zero attached hydrogens (tertiary/aromatic N) is 7. The molecule has 2 aliphatic rings. The molecule has 13 heteroatoms. The van der Waals surface area contributed by atoms with Crippen molar-refractivity contribution in [2.75, 3.05) is 31.1 Å². The molecule has 2 saturated heterocycles. The van der Waals surface area contributed by atoms with Crippen LogP contribution < -0.4 is 15.8 Å². The number of rotatable bonds is 4. The van der Waals surface area contributed by atoms with Gasteiger partial charge >= 0.3 is 12.2 Å². The van der Waals surface area contributed by atoms with Crippen molar-refractivity contribution < 1.29 is 18.0 Å². The molecule has 6 rings (SSSR count). The molecule has 0 saturated carbocycles. The van der Waals surface area contributed by atoms with E-state index >= 15 is 0 Å². The highest BCUT2D eigenvalue weighted by atomic mass is 19.4. The van der Waals surface area contributed by atoms with E-state index in [-0.39, 0.29) is 29.9 Å². The number of pyridine rings is 1. The smallest absolute Gasteiger partial charge is 0.337 e. The standard InChI is InChI=1S/C26H25F3N8O2/c1-15-3-6-20(26(27,28)29)21(33-15)14-37-22-9-16(4-5-19(22)23(38)34(37)2)17-10-30-24(31-11-17)35-7-8-36-18(13-35)12-32-25(36)39/h3-6,9-11,18H,7-8,12-14H2,1-2H3,(H,32,39). The summed E-state index contributed by atoms with van der Waals surface area (Å²) in [6.45, 7) is 3.84.